The first-order chi connectivity index (χ1) is 7.70. The largest absolute Gasteiger partial charge is 0.241 e. The molecule has 0 bridgehead atoms. The zero-order valence-corrected chi connectivity index (χ0v) is 10.4. The summed E-state index contributed by atoms with van der Waals surface area (Å²) >= 11 is 7.17. The lowest BCUT2D eigenvalue weighted by atomic mass is 10.2. The Hall–Kier alpha value is -0.930. The molecule has 16 heavy (non-hydrogen) atoms. The third kappa shape index (κ3) is 2.42. The summed E-state index contributed by atoms with van der Waals surface area (Å²) in [5.74, 6) is -0.315. The fourth-order valence-electron chi connectivity index (χ4n) is 1.46. The molecule has 0 fully saturated rings. The molecule has 84 valence electrons. The van der Waals surface area contributed by atoms with Crippen molar-refractivity contribution in [2.75, 3.05) is 0 Å². The number of aryl methyl sites for hydroxylation is 1. The second kappa shape index (κ2) is 4.93. The molecule has 1 nitrogen and oxygen atoms in total. The van der Waals surface area contributed by atoms with Crippen molar-refractivity contribution in [3.8, 4) is 10.6 Å². The highest BCUT2D eigenvalue weighted by molar-refractivity contribution is 7.13. The van der Waals surface area contributed by atoms with Crippen LogP contribution in [-0.2, 0) is 6.42 Å². The zero-order valence-electron chi connectivity index (χ0n) is 8.84. The number of hydrogen-bond acceptors (Lipinski definition) is 2. The molecular formula is C12H11ClFNS. The van der Waals surface area contributed by atoms with E-state index in [1.54, 1.807) is 12.1 Å². The van der Waals surface area contributed by atoms with Gasteiger partial charge in [0.1, 0.15) is 10.8 Å². The van der Waals surface area contributed by atoms with Gasteiger partial charge >= 0.3 is 0 Å². The second-order valence-electron chi connectivity index (χ2n) is 3.52. The number of hydrogen-bond donors (Lipinski definition) is 0. The van der Waals surface area contributed by atoms with Gasteiger partial charge in [-0.25, -0.2) is 9.37 Å². The van der Waals surface area contributed by atoms with E-state index in [1.165, 1.54) is 17.4 Å². The van der Waals surface area contributed by atoms with Gasteiger partial charge in [-0.2, -0.15) is 0 Å². The molecule has 2 rings (SSSR count). The van der Waals surface area contributed by atoms with E-state index < -0.39 is 0 Å². The van der Waals surface area contributed by atoms with Gasteiger partial charge in [0, 0.05) is 16.0 Å². The molecule has 1 aromatic carbocycles. The summed E-state index contributed by atoms with van der Waals surface area (Å²) in [4.78, 5) is 4.40. The monoisotopic (exact) mass is 255 g/mol. The fourth-order valence-corrected chi connectivity index (χ4v) is 2.50. The predicted octanol–water partition coefficient (Wildman–Crippen LogP) is 4.56. The highest BCUT2D eigenvalue weighted by Gasteiger charge is 2.09. The first-order valence-electron chi connectivity index (χ1n) is 5.10. The van der Waals surface area contributed by atoms with Crippen LogP contribution >= 0.6 is 22.9 Å². The average Bonchev–Trinajstić information content (AvgIpc) is 2.67. The summed E-state index contributed by atoms with van der Waals surface area (Å²) in [5.41, 5.74) is 1.55. The molecule has 2 aromatic rings. The van der Waals surface area contributed by atoms with Crippen molar-refractivity contribution in [3.63, 3.8) is 0 Å². The van der Waals surface area contributed by atoms with E-state index in [-0.39, 0.29) is 5.82 Å². The number of thiazole rings is 1. The van der Waals surface area contributed by atoms with Gasteiger partial charge in [0.05, 0.1) is 5.69 Å². The number of halogens is 2. The van der Waals surface area contributed by atoms with Crippen molar-refractivity contribution in [1.29, 1.82) is 0 Å². The average molecular weight is 256 g/mol. The molecule has 0 spiro atoms. The van der Waals surface area contributed by atoms with Crippen molar-refractivity contribution in [2.45, 2.75) is 19.8 Å². The Bertz CT molecular complexity index is 496. The number of rotatable bonds is 3. The van der Waals surface area contributed by atoms with E-state index in [4.69, 9.17) is 11.6 Å². The van der Waals surface area contributed by atoms with Gasteiger partial charge in [-0.05, 0) is 24.6 Å². The summed E-state index contributed by atoms with van der Waals surface area (Å²) < 4.78 is 13.6. The molecule has 0 unspecified atom stereocenters. The predicted molar refractivity (Wildman–Crippen MR) is 66.5 cm³/mol. The van der Waals surface area contributed by atoms with Crippen LogP contribution < -0.4 is 0 Å². The maximum Gasteiger partial charge on any atom is 0.134 e. The van der Waals surface area contributed by atoms with E-state index in [9.17, 15) is 4.39 Å². The van der Waals surface area contributed by atoms with Crippen molar-refractivity contribution in [2.24, 2.45) is 0 Å². The van der Waals surface area contributed by atoms with Gasteiger partial charge in [0.25, 0.3) is 0 Å². The van der Waals surface area contributed by atoms with Gasteiger partial charge in [-0.3, -0.25) is 0 Å². The lowest BCUT2D eigenvalue weighted by Gasteiger charge is -1.99. The maximum atomic E-state index is 13.6. The standard InChI is InChI=1S/C12H11ClFNS/c1-2-3-9-7-16-12(15-9)10-5-4-8(13)6-11(10)14/h4-7H,2-3H2,1H3. The molecule has 0 amide bonds. The molecule has 0 saturated carbocycles. The molecule has 0 atom stereocenters. The van der Waals surface area contributed by atoms with Crippen molar-refractivity contribution < 1.29 is 4.39 Å². The van der Waals surface area contributed by atoms with Gasteiger partial charge in [-0.15, -0.1) is 11.3 Å². The number of benzene rings is 1. The van der Waals surface area contributed by atoms with E-state index >= 15 is 0 Å². The second-order valence-corrected chi connectivity index (χ2v) is 4.81. The fraction of sp³-hybridized carbons (Fsp3) is 0.250. The molecule has 0 aliphatic heterocycles. The molecule has 0 N–H and O–H groups in total. The molecule has 1 aromatic heterocycles. The van der Waals surface area contributed by atoms with Crippen LogP contribution in [0.2, 0.25) is 5.02 Å². The summed E-state index contributed by atoms with van der Waals surface area (Å²) in [6.07, 6.45) is 1.98. The molecule has 0 aliphatic rings. The van der Waals surface area contributed by atoms with Gasteiger partial charge < -0.3 is 0 Å². The van der Waals surface area contributed by atoms with E-state index in [0.29, 0.717) is 10.6 Å². The highest BCUT2D eigenvalue weighted by atomic mass is 35.5. The molecule has 0 radical (unpaired) electrons. The molecule has 0 saturated heterocycles. The minimum atomic E-state index is -0.315. The van der Waals surface area contributed by atoms with Gasteiger partial charge in [0.2, 0.25) is 0 Å². The first kappa shape index (κ1) is 11.6. The maximum absolute atomic E-state index is 13.6. The number of nitrogens with zero attached hydrogens (tertiary/aromatic N) is 1. The van der Waals surface area contributed by atoms with Crippen LogP contribution in [0.3, 0.4) is 0 Å². The van der Waals surface area contributed by atoms with Crippen LogP contribution in [0.4, 0.5) is 4.39 Å². The smallest absolute Gasteiger partial charge is 0.134 e. The third-order valence-corrected chi connectivity index (χ3v) is 3.38. The summed E-state index contributed by atoms with van der Waals surface area (Å²) in [5, 5.41) is 3.11. The van der Waals surface area contributed by atoms with E-state index in [0.717, 1.165) is 23.5 Å². The number of aromatic nitrogens is 1. The topological polar surface area (TPSA) is 12.9 Å². The van der Waals surface area contributed by atoms with Crippen LogP contribution in [0.15, 0.2) is 23.6 Å². The highest BCUT2D eigenvalue weighted by Crippen LogP contribution is 2.28. The Morgan fingerprint density at radius 3 is 2.94 bits per heavy atom. The summed E-state index contributed by atoms with van der Waals surface area (Å²) in [6, 6.07) is 4.67. The van der Waals surface area contributed by atoms with Crippen molar-refractivity contribution in [3.05, 3.63) is 40.1 Å². The van der Waals surface area contributed by atoms with E-state index in [2.05, 4.69) is 11.9 Å². The Balaban J connectivity index is 2.35. The van der Waals surface area contributed by atoms with Crippen molar-refractivity contribution >= 4 is 22.9 Å². The van der Waals surface area contributed by atoms with Crippen LogP contribution in [0, 0.1) is 5.82 Å². The van der Waals surface area contributed by atoms with Crippen LogP contribution in [0.1, 0.15) is 19.0 Å². The van der Waals surface area contributed by atoms with Crippen LogP contribution in [-0.4, -0.2) is 4.98 Å². The zero-order chi connectivity index (χ0) is 11.5. The Kier molecular flexibility index (Phi) is 3.56. The first-order valence-corrected chi connectivity index (χ1v) is 6.36. The third-order valence-electron chi connectivity index (χ3n) is 2.22. The molecule has 4 heteroatoms. The normalized spacial score (nSPS) is 10.7. The molecule has 0 aliphatic carbocycles. The Labute approximate surface area is 103 Å². The minimum absolute atomic E-state index is 0.315. The lowest BCUT2D eigenvalue weighted by molar-refractivity contribution is 0.631. The Morgan fingerprint density at radius 2 is 2.25 bits per heavy atom. The summed E-state index contributed by atoms with van der Waals surface area (Å²) in [7, 11) is 0. The molecule has 1 heterocycles. The van der Waals surface area contributed by atoms with E-state index in [1.807, 2.05) is 5.38 Å². The minimum Gasteiger partial charge on any atom is -0.241 e. The van der Waals surface area contributed by atoms with Crippen molar-refractivity contribution in [1.82, 2.24) is 4.98 Å². The molecular weight excluding hydrogens is 245 g/mol. The van der Waals surface area contributed by atoms with Gasteiger partial charge in [0.15, 0.2) is 0 Å². The van der Waals surface area contributed by atoms with Crippen LogP contribution in [0.25, 0.3) is 10.6 Å². The summed E-state index contributed by atoms with van der Waals surface area (Å²) in [6.45, 7) is 2.10. The lowest BCUT2D eigenvalue weighted by Crippen LogP contribution is -1.86. The Morgan fingerprint density at radius 1 is 1.44 bits per heavy atom. The van der Waals surface area contributed by atoms with Gasteiger partial charge in [-0.1, -0.05) is 24.9 Å². The SMILES string of the molecule is CCCc1csc(-c2ccc(Cl)cc2F)n1. The van der Waals surface area contributed by atoms with Crippen LogP contribution in [0.5, 0.6) is 0 Å². The quantitative estimate of drug-likeness (QED) is 0.784.